The molecule has 75 valence electrons. The average molecular weight is 207 g/mol. The van der Waals surface area contributed by atoms with Gasteiger partial charge >= 0.3 is 0 Å². The largest absolute Gasteiger partial charge is 0.207 e. The van der Waals surface area contributed by atoms with Crippen molar-refractivity contribution in [2.45, 2.75) is 32.5 Å². The molecule has 0 amide bonds. The first kappa shape index (κ1) is 11.5. The van der Waals surface area contributed by atoms with E-state index in [0.29, 0.717) is 0 Å². The molecule has 0 saturated carbocycles. The van der Waals surface area contributed by atoms with Crippen LogP contribution in [0.2, 0.25) is 25.6 Å². The maximum Gasteiger partial charge on any atom is 0.149 e. The van der Waals surface area contributed by atoms with Crippen LogP contribution >= 0.6 is 0 Å². The number of rotatable bonds is 3. The first-order chi connectivity index (χ1) is 6.38. The molecular weight excluding hydrogens is 190 g/mol. The van der Waals surface area contributed by atoms with Gasteiger partial charge in [0.1, 0.15) is 13.1 Å². The molecule has 1 aromatic carbocycles. The molecule has 14 heavy (non-hydrogen) atoms. The summed E-state index contributed by atoms with van der Waals surface area (Å²) < 4.78 is 13.0. The second-order valence-electron chi connectivity index (χ2n) is 4.97. The third-order valence-electron chi connectivity index (χ3n) is 2.18. The Kier molecular flexibility index (Phi) is 3.54. The van der Waals surface area contributed by atoms with Gasteiger partial charge in [-0.15, -0.1) is 0 Å². The van der Waals surface area contributed by atoms with Gasteiger partial charge in [0.05, 0.1) is 0 Å². The lowest BCUT2D eigenvalue weighted by molar-refractivity contribution is 0.628. The van der Waals surface area contributed by atoms with E-state index in [1.807, 2.05) is 13.0 Å². The molecule has 0 nitrogen and oxygen atoms in total. The Morgan fingerprint density at radius 2 is 1.93 bits per heavy atom. The van der Waals surface area contributed by atoms with Crippen molar-refractivity contribution in [1.82, 2.24) is 0 Å². The summed E-state index contributed by atoms with van der Waals surface area (Å²) in [4.78, 5) is 0. The van der Waals surface area contributed by atoms with Gasteiger partial charge in [-0.3, -0.25) is 0 Å². The average Bonchev–Trinajstić information content (AvgIpc) is 2.05. The van der Waals surface area contributed by atoms with Gasteiger partial charge in [-0.2, -0.15) is 0 Å². The molecule has 3 heteroatoms. The van der Waals surface area contributed by atoms with E-state index in [9.17, 15) is 4.39 Å². The van der Waals surface area contributed by atoms with Crippen LogP contribution in [0.25, 0.3) is 0 Å². The van der Waals surface area contributed by atoms with Gasteiger partial charge in [-0.05, 0) is 19.1 Å². The Morgan fingerprint density at radius 1 is 1.29 bits per heavy atom. The molecule has 0 aliphatic rings. The highest BCUT2D eigenvalue weighted by Gasteiger charge is 2.14. The molecule has 0 aliphatic carbocycles. The molecule has 1 aromatic rings. The topological polar surface area (TPSA) is 0 Å². The van der Waals surface area contributed by atoms with Crippen LogP contribution in [0.3, 0.4) is 0 Å². The van der Waals surface area contributed by atoms with E-state index in [-0.39, 0.29) is 5.82 Å². The summed E-state index contributed by atoms with van der Waals surface area (Å²) in [6.45, 7) is 8.98. The van der Waals surface area contributed by atoms with E-state index in [1.54, 1.807) is 6.07 Å². The summed E-state index contributed by atoms with van der Waals surface area (Å²) >= 11 is 0. The number of aryl methyl sites for hydroxylation is 1. The summed E-state index contributed by atoms with van der Waals surface area (Å²) in [5.74, 6) is 0.967. The van der Waals surface area contributed by atoms with Crippen LogP contribution in [0.4, 0.5) is 4.39 Å². The molecule has 1 rings (SSSR count). The standard InChI is InChI=1S/C11H17BFSi/c1-9-5-6-10(13)7-11(9)12-8-14(2,3)4/h5-7H,8H2,1-4H3. The van der Waals surface area contributed by atoms with Crippen LogP contribution in [0.15, 0.2) is 18.2 Å². The van der Waals surface area contributed by atoms with E-state index < -0.39 is 8.07 Å². The van der Waals surface area contributed by atoms with Crippen molar-refractivity contribution in [2.75, 3.05) is 0 Å². The Balaban J connectivity index is 2.72. The minimum Gasteiger partial charge on any atom is -0.207 e. The van der Waals surface area contributed by atoms with Crippen molar-refractivity contribution in [2.24, 2.45) is 0 Å². The van der Waals surface area contributed by atoms with E-state index in [0.717, 1.165) is 17.0 Å². The van der Waals surface area contributed by atoms with Crippen LogP contribution in [-0.4, -0.2) is 15.4 Å². The summed E-state index contributed by atoms with van der Waals surface area (Å²) in [6, 6.07) is 4.97. The summed E-state index contributed by atoms with van der Waals surface area (Å²) in [7, 11) is 1.11. The van der Waals surface area contributed by atoms with Crippen molar-refractivity contribution in [1.29, 1.82) is 0 Å². The SMILES string of the molecule is Cc1ccc(F)cc1[B]C[Si](C)(C)C. The Labute approximate surface area is 87.8 Å². The molecule has 1 radical (unpaired) electrons. The fraction of sp³-hybridized carbons (Fsp3) is 0.455. The lowest BCUT2D eigenvalue weighted by Gasteiger charge is -2.15. The van der Waals surface area contributed by atoms with Crippen LogP contribution in [-0.2, 0) is 0 Å². The summed E-state index contributed by atoms with van der Waals surface area (Å²) in [6.07, 6.45) is 0. The van der Waals surface area contributed by atoms with Crippen molar-refractivity contribution < 1.29 is 4.39 Å². The highest BCUT2D eigenvalue weighted by Crippen LogP contribution is 2.07. The predicted molar refractivity (Wildman–Crippen MR) is 64.7 cm³/mol. The zero-order valence-electron chi connectivity index (χ0n) is 9.39. The third kappa shape index (κ3) is 3.66. The number of benzene rings is 1. The normalized spacial score (nSPS) is 11.5. The van der Waals surface area contributed by atoms with Gasteiger partial charge in [-0.1, -0.05) is 42.7 Å². The van der Waals surface area contributed by atoms with Crippen LogP contribution in [0.5, 0.6) is 0 Å². The molecule has 0 heterocycles. The van der Waals surface area contributed by atoms with Gasteiger partial charge in [0, 0.05) is 8.07 Å². The smallest absolute Gasteiger partial charge is 0.149 e. The van der Waals surface area contributed by atoms with Gasteiger partial charge in [-0.25, -0.2) is 4.39 Å². The number of hydrogen-bond donors (Lipinski definition) is 0. The molecule has 0 spiro atoms. The maximum absolute atomic E-state index is 13.0. The molecule has 0 aliphatic heterocycles. The highest BCUT2D eigenvalue weighted by atomic mass is 28.3. The monoisotopic (exact) mass is 207 g/mol. The van der Waals surface area contributed by atoms with E-state index in [1.165, 1.54) is 6.07 Å². The molecule has 0 saturated heterocycles. The Morgan fingerprint density at radius 3 is 2.50 bits per heavy atom. The number of hydrogen-bond acceptors (Lipinski definition) is 0. The van der Waals surface area contributed by atoms with Crippen LogP contribution in [0, 0.1) is 12.7 Å². The Bertz CT molecular complexity index is 318. The minimum absolute atomic E-state index is 0.141. The van der Waals surface area contributed by atoms with E-state index >= 15 is 0 Å². The molecule has 0 aromatic heterocycles. The molecule has 0 N–H and O–H groups in total. The summed E-state index contributed by atoms with van der Waals surface area (Å²) in [5.41, 5.74) is 2.21. The lowest BCUT2D eigenvalue weighted by atomic mass is 9.70. The lowest BCUT2D eigenvalue weighted by Crippen LogP contribution is -2.29. The van der Waals surface area contributed by atoms with E-state index in [4.69, 9.17) is 0 Å². The number of halogens is 1. The van der Waals surface area contributed by atoms with Crippen molar-refractivity contribution in [3.63, 3.8) is 0 Å². The fourth-order valence-corrected chi connectivity index (χ4v) is 2.08. The van der Waals surface area contributed by atoms with Crippen LogP contribution in [0.1, 0.15) is 5.56 Å². The van der Waals surface area contributed by atoms with Crippen molar-refractivity contribution >= 4 is 20.8 Å². The van der Waals surface area contributed by atoms with Gasteiger partial charge < -0.3 is 0 Å². The zero-order chi connectivity index (χ0) is 10.8. The van der Waals surface area contributed by atoms with Gasteiger partial charge in [0.15, 0.2) is 0 Å². The molecule has 0 atom stereocenters. The second-order valence-corrected chi connectivity index (χ2v) is 10.5. The second kappa shape index (κ2) is 4.30. The molecule has 0 unspecified atom stereocenters. The summed E-state index contributed by atoms with van der Waals surface area (Å²) in [5, 5.41) is 0. The van der Waals surface area contributed by atoms with E-state index in [2.05, 4.69) is 26.9 Å². The van der Waals surface area contributed by atoms with Crippen molar-refractivity contribution in [3.8, 4) is 0 Å². The third-order valence-corrected chi connectivity index (χ3v) is 3.60. The highest BCUT2D eigenvalue weighted by molar-refractivity contribution is 6.85. The van der Waals surface area contributed by atoms with Crippen LogP contribution < -0.4 is 5.46 Å². The molecule has 0 fully saturated rings. The van der Waals surface area contributed by atoms with Crippen molar-refractivity contribution in [3.05, 3.63) is 29.6 Å². The molecular formula is C11H17BFSi. The first-order valence-electron chi connectivity index (χ1n) is 4.98. The predicted octanol–water partition coefficient (Wildman–Crippen LogP) is 2.76. The Hall–Kier alpha value is -0.568. The maximum atomic E-state index is 13.0. The van der Waals surface area contributed by atoms with Gasteiger partial charge in [0.2, 0.25) is 0 Å². The molecule has 0 bridgehead atoms. The minimum atomic E-state index is -1.06. The first-order valence-corrected chi connectivity index (χ1v) is 8.68. The zero-order valence-corrected chi connectivity index (χ0v) is 10.4. The van der Waals surface area contributed by atoms with Gasteiger partial charge in [0.25, 0.3) is 0 Å². The quantitative estimate of drug-likeness (QED) is 0.668. The fourth-order valence-electron chi connectivity index (χ4n) is 1.25.